The second kappa shape index (κ2) is 7.25. The Morgan fingerprint density at radius 2 is 1.76 bits per heavy atom. The van der Waals surface area contributed by atoms with Crippen LogP contribution in [-0.2, 0) is 9.59 Å². The molecule has 0 aromatic rings. The van der Waals surface area contributed by atoms with Gasteiger partial charge in [-0.25, -0.2) is 0 Å². The van der Waals surface area contributed by atoms with E-state index in [-0.39, 0.29) is 30.4 Å². The SMILES string of the molecule is CC(C)N(CCCO)C(=O)C1CCN(C(=O)C2CC2)CC1. The molecule has 5 heteroatoms. The van der Waals surface area contributed by atoms with Gasteiger partial charge in [0.1, 0.15) is 0 Å². The predicted octanol–water partition coefficient (Wildman–Crippen LogP) is 1.25. The summed E-state index contributed by atoms with van der Waals surface area (Å²) in [5, 5.41) is 8.96. The Bertz CT molecular complexity index is 372. The number of hydrogen-bond donors (Lipinski definition) is 1. The van der Waals surface area contributed by atoms with Crippen molar-refractivity contribution in [3.63, 3.8) is 0 Å². The highest BCUT2D eigenvalue weighted by atomic mass is 16.3. The van der Waals surface area contributed by atoms with Crippen LogP contribution in [0.15, 0.2) is 0 Å². The zero-order valence-corrected chi connectivity index (χ0v) is 13.3. The third-order valence-electron chi connectivity index (χ3n) is 4.55. The lowest BCUT2D eigenvalue weighted by atomic mass is 9.94. The fourth-order valence-electron chi connectivity index (χ4n) is 3.03. The van der Waals surface area contributed by atoms with Gasteiger partial charge in [0, 0.05) is 44.1 Å². The number of aliphatic hydroxyl groups excluding tert-OH is 1. The van der Waals surface area contributed by atoms with E-state index in [1.807, 2.05) is 23.6 Å². The fourth-order valence-corrected chi connectivity index (χ4v) is 3.03. The summed E-state index contributed by atoms with van der Waals surface area (Å²) in [5.41, 5.74) is 0. The van der Waals surface area contributed by atoms with Crippen LogP contribution in [0.5, 0.6) is 0 Å². The summed E-state index contributed by atoms with van der Waals surface area (Å²) >= 11 is 0. The first-order chi connectivity index (χ1) is 10.0. The van der Waals surface area contributed by atoms with E-state index in [4.69, 9.17) is 5.11 Å². The van der Waals surface area contributed by atoms with Crippen LogP contribution in [0.3, 0.4) is 0 Å². The number of amides is 2. The van der Waals surface area contributed by atoms with E-state index in [1.54, 1.807) is 0 Å². The Morgan fingerprint density at radius 1 is 1.14 bits per heavy atom. The van der Waals surface area contributed by atoms with Gasteiger partial charge in [0.2, 0.25) is 11.8 Å². The van der Waals surface area contributed by atoms with Gasteiger partial charge in [-0.05, 0) is 46.0 Å². The molecule has 1 aliphatic heterocycles. The molecule has 2 fully saturated rings. The minimum Gasteiger partial charge on any atom is -0.396 e. The van der Waals surface area contributed by atoms with Crippen LogP contribution < -0.4 is 0 Å². The van der Waals surface area contributed by atoms with Crippen LogP contribution in [0.25, 0.3) is 0 Å². The standard InChI is InChI=1S/C16H28N2O3/c1-12(2)18(8-3-11-19)16(21)14-6-9-17(10-7-14)15(20)13-4-5-13/h12-14,19H,3-11H2,1-2H3. The molecule has 5 nitrogen and oxygen atoms in total. The molecule has 0 spiro atoms. The van der Waals surface area contributed by atoms with Crippen molar-refractivity contribution in [2.45, 2.75) is 52.0 Å². The molecule has 0 bridgehead atoms. The quantitative estimate of drug-likeness (QED) is 0.802. The van der Waals surface area contributed by atoms with E-state index in [1.165, 1.54) is 0 Å². The summed E-state index contributed by atoms with van der Waals surface area (Å²) in [6.45, 7) is 6.20. The maximum absolute atomic E-state index is 12.6. The Balaban J connectivity index is 1.84. The summed E-state index contributed by atoms with van der Waals surface area (Å²) in [4.78, 5) is 28.4. The lowest BCUT2D eigenvalue weighted by Crippen LogP contribution is -2.47. The van der Waals surface area contributed by atoms with Crippen LogP contribution in [0.1, 0.15) is 46.0 Å². The first-order valence-electron chi connectivity index (χ1n) is 8.24. The van der Waals surface area contributed by atoms with Gasteiger partial charge in [0.15, 0.2) is 0 Å². The molecule has 21 heavy (non-hydrogen) atoms. The molecule has 1 N–H and O–H groups in total. The highest BCUT2D eigenvalue weighted by molar-refractivity contribution is 5.82. The molecular formula is C16H28N2O3. The Morgan fingerprint density at radius 3 is 2.24 bits per heavy atom. The lowest BCUT2D eigenvalue weighted by Gasteiger charge is -2.36. The molecule has 2 amide bonds. The van der Waals surface area contributed by atoms with Gasteiger partial charge in [0.25, 0.3) is 0 Å². The van der Waals surface area contributed by atoms with Crippen molar-refractivity contribution in [3.05, 3.63) is 0 Å². The monoisotopic (exact) mass is 296 g/mol. The zero-order chi connectivity index (χ0) is 15.4. The number of carbonyl (C=O) groups is 2. The van der Waals surface area contributed by atoms with Crippen molar-refractivity contribution in [1.29, 1.82) is 0 Å². The molecule has 0 atom stereocenters. The summed E-state index contributed by atoms with van der Waals surface area (Å²) in [6, 6.07) is 0.162. The molecule has 2 rings (SSSR count). The normalized spacial score (nSPS) is 19.9. The third kappa shape index (κ3) is 4.19. The summed E-state index contributed by atoms with van der Waals surface area (Å²) < 4.78 is 0. The van der Waals surface area contributed by atoms with E-state index in [9.17, 15) is 9.59 Å². The first-order valence-corrected chi connectivity index (χ1v) is 8.24. The molecule has 1 heterocycles. The fraction of sp³-hybridized carbons (Fsp3) is 0.875. The van der Waals surface area contributed by atoms with E-state index < -0.39 is 0 Å². The highest BCUT2D eigenvalue weighted by Gasteiger charge is 2.36. The smallest absolute Gasteiger partial charge is 0.226 e. The number of rotatable bonds is 6. The van der Waals surface area contributed by atoms with Gasteiger partial charge >= 0.3 is 0 Å². The van der Waals surface area contributed by atoms with Crippen molar-refractivity contribution < 1.29 is 14.7 Å². The average molecular weight is 296 g/mol. The van der Waals surface area contributed by atoms with E-state index in [0.29, 0.717) is 18.9 Å². The second-order valence-electron chi connectivity index (χ2n) is 6.58. The van der Waals surface area contributed by atoms with Crippen molar-refractivity contribution in [3.8, 4) is 0 Å². The lowest BCUT2D eigenvalue weighted by molar-refractivity contribution is -0.142. The van der Waals surface area contributed by atoms with Gasteiger partial charge < -0.3 is 14.9 Å². The molecule has 1 saturated carbocycles. The molecule has 0 aromatic carbocycles. The minimum atomic E-state index is 0.0364. The number of hydrogen-bond acceptors (Lipinski definition) is 3. The van der Waals surface area contributed by atoms with Crippen LogP contribution in [0.2, 0.25) is 0 Å². The number of aliphatic hydroxyl groups is 1. The molecule has 0 aromatic heterocycles. The summed E-state index contributed by atoms with van der Waals surface area (Å²) in [7, 11) is 0. The molecule has 0 radical (unpaired) electrons. The summed E-state index contributed by atoms with van der Waals surface area (Å²) in [5.74, 6) is 0.794. The molecular weight excluding hydrogens is 268 g/mol. The van der Waals surface area contributed by atoms with Crippen molar-refractivity contribution in [2.75, 3.05) is 26.2 Å². The van der Waals surface area contributed by atoms with Crippen molar-refractivity contribution in [2.24, 2.45) is 11.8 Å². The number of likely N-dealkylation sites (tertiary alicyclic amines) is 1. The summed E-state index contributed by atoms with van der Waals surface area (Å²) in [6.07, 6.45) is 4.27. The minimum absolute atomic E-state index is 0.0364. The second-order valence-corrected chi connectivity index (χ2v) is 6.58. The number of carbonyl (C=O) groups excluding carboxylic acids is 2. The van der Waals surface area contributed by atoms with E-state index >= 15 is 0 Å². The average Bonchev–Trinajstić information content (AvgIpc) is 3.31. The Hall–Kier alpha value is -1.10. The van der Waals surface area contributed by atoms with E-state index in [2.05, 4.69) is 0 Å². The maximum Gasteiger partial charge on any atom is 0.226 e. The molecule has 120 valence electrons. The van der Waals surface area contributed by atoms with Gasteiger partial charge in [-0.1, -0.05) is 0 Å². The van der Waals surface area contributed by atoms with Gasteiger partial charge in [-0.2, -0.15) is 0 Å². The zero-order valence-electron chi connectivity index (χ0n) is 13.3. The first kappa shape index (κ1) is 16.3. The van der Waals surface area contributed by atoms with Gasteiger partial charge in [0.05, 0.1) is 0 Å². The Kier molecular flexibility index (Phi) is 5.62. The maximum atomic E-state index is 12.6. The molecule has 1 aliphatic carbocycles. The Labute approximate surface area is 127 Å². The molecule has 1 saturated heterocycles. The van der Waals surface area contributed by atoms with Crippen LogP contribution in [0, 0.1) is 11.8 Å². The predicted molar refractivity (Wildman–Crippen MR) is 80.6 cm³/mol. The van der Waals surface area contributed by atoms with Crippen molar-refractivity contribution >= 4 is 11.8 Å². The molecule has 0 unspecified atom stereocenters. The van der Waals surface area contributed by atoms with Gasteiger partial charge in [-0.15, -0.1) is 0 Å². The van der Waals surface area contributed by atoms with Crippen LogP contribution in [0.4, 0.5) is 0 Å². The van der Waals surface area contributed by atoms with Crippen LogP contribution >= 0.6 is 0 Å². The largest absolute Gasteiger partial charge is 0.396 e. The highest BCUT2D eigenvalue weighted by Crippen LogP contribution is 2.32. The van der Waals surface area contributed by atoms with Crippen molar-refractivity contribution in [1.82, 2.24) is 9.80 Å². The molecule has 2 aliphatic rings. The topological polar surface area (TPSA) is 60.9 Å². The number of piperidine rings is 1. The van der Waals surface area contributed by atoms with E-state index in [0.717, 1.165) is 38.8 Å². The van der Waals surface area contributed by atoms with Crippen LogP contribution in [-0.4, -0.2) is 59.0 Å². The van der Waals surface area contributed by atoms with Gasteiger partial charge in [-0.3, -0.25) is 9.59 Å². The third-order valence-corrected chi connectivity index (χ3v) is 4.55. The number of nitrogens with zero attached hydrogens (tertiary/aromatic N) is 2.